The van der Waals surface area contributed by atoms with Gasteiger partial charge in [0.25, 0.3) is 0 Å². The molecular weight excluding hydrogens is 346 g/mol. The highest BCUT2D eigenvalue weighted by Crippen LogP contribution is 2.35. The summed E-state index contributed by atoms with van der Waals surface area (Å²) in [6.45, 7) is 3.73. The molecule has 0 radical (unpaired) electrons. The Hall–Kier alpha value is -3.55. The summed E-state index contributed by atoms with van der Waals surface area (Å²) in [5.41, 5.74) is 3.25. The van der Waals surface area contributed by atoms with E-state index in [0.717, 1.165) is 23.1 Å². The molecule has 0 bridgehead atoms. The maximum absolute atomic E-state index is 12.7. The summed E-state index contributed by atoms with van der Waals surface area (Å²) >= 11 is 0. The Morgan fingerprint density at radius 1 is 1.30 bits per heavy atom. The molecule has 0 aliphatic carbocycles. The molecule has 0 atom stereocenters. The number of aromatic nitrogens is 4. The highest BCUT2D eigenvalue weighted by molar-refractivity contribution is 5.96. The first-order valence-electron chi connectivity index (χ1n) is 8.78. The van der Waals surface area contributed by atoms with Crippen molar-refractivity contribution in [2.75, 3.05) is 25.1 Å². The molecule has 4 aromatic rings. The fourth-order valence-corrected chi connectivity index (χ4v) is 3.45. The maximum atomic E-state index is 12.7. The highest BCUT2D eigenvalue weighted by Gasteiger charge is 2.18. The highest BCUT2D eigenvalue weighted by atomic mass is 16.5. The largest absolute Gasteiger partial charge is 0.491 e. The number of hydrogen-bond donors (Lipinski definition) is 2. The van der Waals surface area contributed by atoms with E-state index >= 15 is 0 Å². The van der Waals surface area contributed by atoms with Gasteiger partial charge in [-0.2, -0.15) is 0 Å². The van der Waals surface area contributed by atoms with Crippen molar-refractivity contribution >= 4 is 27.8 Å². The monoisotopic (exact) mass is 363 g/mol. The minimum atomic E-state index is -0.272. The number of aromatic amines is 1. The molecule has 1 aromatic carbocycles. The molecule has 0 amide bonds. The number of rotatable bonds is 3. The van der Waals surface area contributed by atoms with E-state index in [1.807, 2.05) is 25.1 Å². The van der Waals surface area contributed by atoms with Gasteiger partial charge in [0, 0.05) is 24.2 Å². The van der Waals surface area contributed by atoms with Gasteiger partial charge in [0.05, 0.1) is 29.7 Å². The van der Waals surface area contributed by atoms with E-state index in [1.54, 1.807) is 23.0 Å². The SMILES string of the molecule is CCOc1ccnc2[nH]c(=O)n(-c3ccc4ncc5c(c4c3)NCCO5)c12. The zero-order chi connectivity index (χ0) is 18.4. The molecule has 0 saturated carbocycles. The Morgan fingerprint density at radius 2 is 2.22 bits per heavy atom. The van der Waals surface area contributed by atoms with Crippen LogP contribution in [0.25, 0.3) is 27.8 Å². The van der Waals surface area contributed by atoms with E-state index in [1.165, 1.54) is 0 Å². The number of anilines is 1. The second-order valence-electron chi connectivity index (χ2n) is 6.18. The molecule has 0 saturated heterocycles. The van der Waals surface area contributed by atoms with E-state index in [4.69, 9.17) is 9.47 Å². The molecule has 8 heteroatoms. The fraction of sp³-hybridized carbons (Fsp3) is 0.211. The molecule has 27 heavy (non-hydrogen) atoms. The van der Waals surface area contributed by atoms with Crippen molar-refractivity contribution in [3.63, 3.8) is 0 Å². The van der Waals surface area contributed by atoms with Crippen LogP contribution in [0.3, 0.4) is 0 Å². The van der Waals surface area contributed by atoms with E-state index in [0.29, 0.717) is 41.6 Å². The third-order valence-electron chi connectivity index (χ3n) is 4.58. The molecule has 0 unspecified atom stereocenters. The number of nitrogens with zero attached hydrogens (tertiary/aromatic N) is 3. The summed E-state index contributed by atoms with van der Waals surface area (Å²) in [5.74, 6) is 1.32. The van der Waals surface area contributed by atoms with Crippen LogP contribution in [0.2, 0.25) is 0 Å². The lowest BCUT2D eigenvalue weighted by Gasteiger charge is -2.20. The quantitative estimate of drug-likeness (QED) is 0.581. The Balaban J connectivity index is 1.79. The third-order valence-corrected chi connectivity index (χ3v) is 4.58. The Bertz CT molecular complexity index is 1230. The van der Waals surface area contributed by atoms with Crippen LogP contribution >= 0.6 is 0 Å². The molecule has 1 aliphatic heterocycles. The Kier molecular flexibility index (Phi) is 3.49. The molecular formula is C19H17N5O3. The van der Waals surface area contributed by atoms with E-state index < -0.39 is 0 Å². The zero-order valence-electron chi connectivity index (χ0n) is 14.7. The van der Waals surface area contributed by atoms with E-state index in [2.05, 4.69) is 20.3 Å². The first-order valence-corrected chi connectivity index (χ1v) is 8.78. The van der Waals surface area contributed by atoms with Crippen molar-refractivity contribution in [2.24, 2.45) is 0 Å². The van der Waals surface area contributed by atoms with Crippen LogP contribution in [0.5, 0.6) is 11.5 Å². The molecule has 4 heterocycles. The van der Waals surface area contributed by atoms with Crippen LogP contribution in [0.15, 0.2) is 41.5 Å². The molecule has 8 nitrogen and oxygen atoms in total. The number of fused-ring (bicyclic) bond motifs is 4. The average Bonchev–Trinajstić information content (AvgIpc) is 3.04. The van der Waals surface area contributed by atoms with Crippen LogP contribution in [0.1, 0.15) is 6.92 Å². The maximum Gasteiger partial charge on any atom is 0.332 e. The first kappa shape index (κ1) is 15.7. The predicted molar refractivity (Wildman–Crippen MR) is 102 cm³/mol. The number of pyridine rings is 2. The van der Waals surface area contributed by atoms with Gasteiger partial charge >= 0.3 is 5.69 Å². The molecule has 136 valence electrons. The Labute approximate surface area is 153 Å². The second-order valence-corrected chi connectivity index (χ2v) is 6.18. The van der Waals surface area contributed by atoms with Gasteiger partial charge in [0.1, 0.15) is 17.9 Å². The molecule has 2 N–H and O–H groups in total. The second kappa shape index (κ2) is 6.01. The normalized spacial score (nSPS) is 13.2. The summed E-state index contributed by atoms with van der Waals surface area (Å²) < 4.78 is 13.0. The van der Waals surface area contributed by atoms with Crippen LogP contribution in [0, 0.1) is 0 Å². The van der Waals surface area contributed by atoms with Gasteiger partial charge < -0.3 is 14.8 Å². The van der Waals surface area contributed by atoms with Gasteiger partial charge in [0.15, 0.2) is 11.4 Å². The summed E-state index contributed by atoms with van der Waals surface area (Å²) in [5, 5.41) is 4.26. The van der Waals surface area contributed by atoms with Gasteiger partial charge in [-0.1, -0.05) is 0 Å². The standard InChI is InChI=1S/C19H17N5O3/c1-2-26-14-5-6-21-18-17(14)24(19(25)23-18)11-3-4-13-12(9-11)16-15(10-22-13)27-8-7-20-16/h3-6,9-10,20H,2,7-8H2,1H3,(H,21,23,25). The lowest BCUT2D eigenvalue weighted by Crippen LogP contribution is -2.19. The molecule has 3 aromatic heterocycles. The molecule has 0 spiro atoms. The van der Waals surface area contributed by atoms with Gasteiger partial charge in [0.2, 0.25) is 0 Å². The van der Waals surface area contributed by atoms with Gasteiger partial charge in [-0.3, -0.25) is 14.5 Å². The lowest BCUT2D eigenvalue weighted by molar-refractivity contribution is 0.323. The van der Waals surface area contributed by atoms with Crippen LogP contribution < -0.4 is 20.5 Å². The fourth-order valence-electron chi connectivity index (χ4n) is 3.45. The number of imidazole rings is 1. The molecule has 5 rings (SSSR count). The number of benzene rings is 1. The van der Waals surface area contributed by atoms with E-state index in [9.17, 15) is 4.79 Å². The zero-order valence-corrected chi connectivity index (χ0v) is 14.7. The van der Waals surface area contributed by atoms with Crippen molar-refractivity contribution in [3.8, 4) is 17.2 Å². The number of hydrogen-bond acceptors (Lipinski definition) is 6. The summed E-state index contributed by atoms with van der Waals surface area (Å²) in [4.78, 5) is 24.2. The minimum absolute atomic E-state index is 0.272. The summed E-state index contributed by atoms with van der Waals surface area (Å²) in [7, 11) is 0. The summed E-state index contributed by atoms with van der Waals surface area (Å²) in [6, 6.07) is 7.45. The number of H-pyrrole nitrogens is 1. The Morgan fingerprint density at radius 3 is 3.11 bits per heavy atom. The van der Waals surface area contributed by atoms with Crippen molar-refractivity contribution in [3.05, 3.63) is 47.1 Å². The van der Waals surface area contributed by atoms with Crippen LogP contribution in [-0.2, 0) is 0 Å². The van der Waals surface area contributed by atoms with Gasteiger partial charge in [-0.25, -0.2) is 9.78 Å². The first-order chi connectivity index (χ1) is 13.3. The van der Waals surface area contributed by atoms with Gasteiger partial charge in [-0.15, -0.1) is 0 Å². The topological polar surface area (TPSA) is 94.1 Å². The van der Waals surface area contributed by atoms with Gasteiger partial charge in [-0.05, 0) is 25.1 Å². The lowest BCUT2D eigenvalue weighted by atomic mass is 10.1. The van der Waals surface area contributed by atoms with Crippen LogP contribution in [0.4, 0.5) is 5.69 Å². The molecule has 1 aliphatic rings. The smallest absolute Gasteiger partial charge is 0.332 e. The van der Waals surface area contributed by atoms with Crippen molar-refractivity contribution in [1.82, 2.24) is 19.5 Å². The van der Waals surface area contributed by atoms with Crippen molar-refractivity contribution in [2.45, 2.75) is 6.92 Å². The average molecular weight is 363 g/mol. The van der Waals surface area contributed by atoms with E-state index in [-0.39, 0.29) is 5.69 Å². The molecule has 0 fully saturated rings. The number of nitrogens with one attached hydrogen (secondary N) is 2. The predicted octanol–water partition coefficient (Wildman–Crippen LogP) is 2.46. The third kappa shape index (κ3) is 2.41. The minimum Gasteiger partial charge on any atom is -0.491 e. The van der Waals surface area contributed by atoms with Crippen molar-refractivity contribution in [1.29, 1.82) is 0 Å². The number of ether oxygens (including phenoxy) is 2. The van der Waals surface area contributed by atoms with Crippen LogP contribution in [-0.4, -0.2) is 39.3 Å². The summed E-state index contributed by atoms with van der Waals surface area (Å²) in [6.07, 6.45) is 3.34. The van der Waals surface area contributed by atoms with Crippen molar-refractivity contribution < 1.29 is 9.47 Å².